The zero-order valence-corrected chi connectivity index (χ0v) is 14.8. The van der Waals surface area contributed by atoms with Gasteiger partial charge in [-0.2, -0.15) is 0 Å². The van der Waals surface area contributed by atoms with Crippen molar-refractivity contribution >= 4 is 11.6 Å². The average molecular weight is 325 g/mol. The summed E-state index contributed by atoms with van der Waals surface area (Å²) in [5.74, 6) is -0.0104. The van der Waals surface area contributed by atoms with Gasteiger partial charge in [-0.1, -0.05) is 36.4 Å². The smallest absolute Gasteiger partial charge is 0.251 e. The van der Waals surface area contributed by atoms with Crippen LogP contribution in [0.5, 0.6) is 0 Å². The van der Waals surface area contributed by atoms with Gasteiger partial charge in [-0.3, -0.25) is 4.79 Å². The van der Waals surface area contributed by atoms with Crippen molar-refractivity contribution in [3.05, 3.63) is 65.7 Å². The molecule has 1 N–H and O–H groups in total. The molecule has 2 aromatic rings. The number of hydrogen-bond donors (Lipinski definition) is 1. The predicted octanol–water partition coefficient (Wildman–Crippen LogP) is 3.00. The summed E-state index contributed by atoms with van der Waals surface area (Å²) in [6, 6.07) is 18.1. The lowest BCUT2D eigenvalue weighted by Gasteiger charge is -2.20. The molecule has 0 unspecified atom stereocenters. The van der Waals surface area contributed by atoms with Gasteiger partial charge in [0.25, 0.3) is 5.91 Å². The molecule has 0 radical (unpaired) electrons. The number of carbonyl (C=O) groups excluding carboxylic acids is 1. The van der Waals surface area contributed by atoms with Crippen LogP contribution in [0.25, 0.3) is 0 Å². The number of nitrogens with one attached hydrogen (secondary N) is 1. The SMILES string of the molecule is CN(C)CCCNC(=O)c1cccc(N(C)Cc2ccccc2)c1. The molecule has 0 saturated heterocycles. The summed E-state index contributed by atoms with van der Waals surface area (Å²) < 4.78 is 0. The lowest BCUT2D eigenvalue weighted by molar-refractivity contribution is 0.0952. The van der Waals surface area contributed by atoms with Gasteiger partial charge < -0.3 is 15.1 Å². The zero-order valence-electron chi connectivity index (χ0n) is 14.8. The monoisotopic (exact) mass is 325 g/mol. The van der Waals surface area contributed by atoms with Gasteiger partial charge in [0, 0.05) is 31.4 Å². The largest absolute Gasteiger partial charge is 0.370 e. The number of anilines is 1. The Morgan fingerprint density at radius 2 is 1.75 bits per heavy atom. The minimum atomic E-state index is -0.0104. The van der Waals surface area contributed by atoms with Crippen LogP contribution in [0.3, 0.4) is 0 Å². The van der Waals surface area contributed by atoms with Crippen LogP contribution < -0.4 is 10.2 Å². The van der Waals surface area contributed by atoms with Crippen LogP contribution in [0.15, 0.2) is 54.6 Å². The molecule has 0 aromatic heterocycles. The van der Waals surface area contributed by atoms with Crippen molar-refractivity contribution in [3.63, 3.8) is 0 Å². The van der Waals surface area contributed by atoms with Crippen LogP contribution in [0.2, 0.25) is 0 Å². The van der Waals surface area contributed by atoms with Crippen LogP contribution in [0.4, 0.5) is 5.69 Å². The molecule has 2 aromatic carbocycles. The van der Waals surface area contributed by atoms with E-state index in [1.165, 1.54) is 5.56 Å². The Bertz CT molecular complexity index is 640. The highest BCUT2D eigenvalue weighted by Crippen LogP contribution is 2.17. The Kier molecular flexibility index (Phi) is 6.82. The Labute approximate surface area is 145 Å². The van der Waals surface area contributed by atoms with Gasteiger partial charge in [0.2, 0.25) is 0 Å². The molecule has 0 spiro atoms. The number of amides is 1. The van der Waals surface area contributed by atoms with Gasteiger partial charge in [0.05, 0.1) is 0 Å². The van der Waals surface area contributed by atoms with Crippen molar-refractivity contribution in [2.24, 2.45) is 0 Å². The van der Waals surface area contributed by atoms with E-state index in [9.17, 15) is 4.79 Å². The fourth-order valence-corrected chi connectivity index (χ4v) is 2.53. The minimum Gasteiger partial charge on any atom is -0.370 e. The zero-order chi connectivity index (χ0) is 17.4. The molecule has 128 valence electrons. The topological polar surface area (TPSA) is 35.6 Å². The third kappa shape index (κ3) is 5.70. The maximum atomic E-state index is 12.3. The molecule has 0 bridgehead atoms. The second kappa shape index (κ2) is 9.08. The summed E-state index contributed by atoms with van der Waals surface area (Å²) in [5.41, 5.74) is 3.00. The van der Waals surface area contributed by atoms with Gasteiger partial charge in [0.1, 0.15) is 0 Å². The highest BCUT2D eigenvalue weighted by atomic mass is 16.1. The average Bonchev–Trinajstić information content (AvgIpc) is 2.59. The second-order valence-electron chi connectivity index (χ2n) is 6.30. The molecule has 24 heavy (non-hydrogen) atoms. The van der Waals surface area contributed by atoms with E-state index >= 15 is 0 Å². The van der Waals surface area contributed by atoms with Gasteiger partial charge in [-0.25, -0.2) is 0 Å². The van der Waals surface area contributed by atoms with Crippen LogP contribution in [0, 0.1) is 0 Å². The van der Waals surface area contributed by atoms with Crippen molar-refractivity contribution < 1.29 is 4.79 Å². The first-order chi connectivity index (χ1) is 11.6. The number of nitrogens with zero attached hydrogens (tertiary/aromatic N) is 2. The first kappa shape index (κ1) is 18.0. The van der Waals surface area contributed by atoms with E-state index in [0.717, 1.165) is 25.2 Å². The molecule has 0 aliphatic rings. The minimum absolute atomic E-state index is 0.0104. The van der Waals surface area contributed by atoms with Crippen molar-refractivity contribution in [2.75, 3.05) is 39.1 Å². The molecule has 4 nitrogen and oxygen atoms in total. The first-order valence-corrected chi connectivity index (χ1v) is 8.34. The first-order valence-electron chi connectivity index (χ1n) is 8.34. The molecule has 2 rings (SSSR count). The van der Waals surface area contributed by atoms with Crippen LogP contribution in [-0.2, 0) is 6.54 Å². The molecular weight excluding hydrogens is 298 g/mol. The summed E-state index contributed by atoms with van der Waals surface area (Å²) in [5, 5.41) is 2.99. The van der Waals surface area contributed by atoms with Crippen molar-refractivity contribution in [2.45, 2.75) is 13.0 Å². The summed E-state index contributed by atoms with van der Waals surface area (Å²) in [6.45, 7) is 2.48. The third-order valence-corrected chi connectivity index (χ3v) is 3.88. The predicted molar refractivity (Wildman–Crippen MR) is 100 cm³/mol. The molecular formula is C20H27N3O. The van der Waals surface area contributed by atoms with Gasteiger partial charge in [-0.05, 0) is 50.8 Å². The number of hydrogen-bond acceptors (Lipinski definition) is 3. The highest BCUT2D eigenvalue weighted by molar-refractivity contribution is 5.95. The van der Waals surface area contributed by atoms with Crippen molar-refractivity contribution in [1.82, 2.24) is 10.2 Å². The van der Waals surface area contributed by atoms with E-state index in [4.69, 9.17) is 0 Å². The molecule has 0 aliphatic carbocycles. The normalized spacial score (nSPS) is 10.7. The number of benzene rings is 2. The fourth-order valence-electron chi connectivity index (χ4n) is 2.53. The standard InChI is InChI=1S/C20H27N3O/c1-22(2)14-8-13-21-20(24)18-11-7-12-19(15-18)23(3)16-17-9-5-4-6-10-17/h4-7,9-12,15H,8,13-14,16H2,1-3H3,(H,21,24). The maximum Gasteiger partial charge on any atom is 0.251 e. The van der Waals surface area contributed by atoms with Gasteiger partial charge in [0.15, 0.2) is 0 Å². The molecule has 0 fully saturated rings. The Hall–Kier alpha value is -2.33. The van der Waals surface area contributed by atoms with Crippen LogP contribution in [0.1, 0.15) is 22.3 Å². The molecule has 0 aliphatic heterocycles. The number of rotatable bonds is 8. The van der Waals surface area contributed by atoms with E-state index in [0.29, 0.717) is 12.1 Å². The molecule has 0 atom stereocenters. The van der Waals surface area contributed by atoms with E-state index in [1.807, 2.05) is 63.6 Å². The lowest BCUT2D eigenvalue weighted by Crippen LogP contribution is -2.27. The summed E-state index contributed by atoms with van der Waals surface area (Å²) in [7, 11) is 6.11. The molecule has 1 amide bonds. The van der Waals surface area contributed by atoms with E-state index in [2.05, 4.69) is 27.2 Å². The Morgan fingerprint density at radius 1 is 1.00 bits per heavy atom. The quantitative estimate of drug-likeness (QED) is 0.758. The van der Waals surface area contributed by atoms with Crippen LogP contribution >= 0.6 is 0 Å². The summed E-state index contributed by atoms with van der Waals surface area (Å²) in [4.78, 5) is 16.5. The number of carbonyl (C=O) groups is 1. The van der Waals surface area contributed by atoms with Crippen molar-refractivity contribution in [1.29, 1.82) is 0 Å². The second-order valence-corrected chi connectivity index (χ2v) is 6.30. The summed E-state index contributed by atoms with van der Waals surface area (Å²) >= 11 is 0. The van der Waals surface area contributed by atoms with E-state index < -0.39 is 0 Å². The Balaban J connectivity index is 1.93. The van der Waals surface area contributed by atoms with Gasteiger partial charge >= 0.3 is 0 Å². The van der Waals surface area contributed by atoms with E-state index in [1.54, 1.807) is 0 Å². The summed E-state index contributed by atoms with van der Waals surface area (Å²) in [6.07, 6.45) is 0.951. The molecule has 4 heteroatoms. The fraction of sp³-hybridized carbons (Fsp3) is 0.350. The van der Waals surface area contributed by atoms with Crippen LogP contribution in [-0.4, -0.2) is 45.0 Å². The third-order valence-electron chi connectivity index (χ3n) is 3.88. The van der Waals surface area contributed by atoms with E-state index in [-0.39, 0.29) is 5.91 Å². The molecule has 0 saturated carbocycles. The Morgan fingerprint density at radius 3 is 2.46 bits per heavy atom. The van der Waals surface area contributed by atoms with Crippen molar-refractivity contribution in [3.8, 4) is 0 Å². The maximum absolute atomic E-state index is 12.3. The van der Waals surface area contributed by atoms with Gasteiger partial charge in [-0.15, -0.1) is 0 Å². The highest BCUT2D eigenvalue weighted by Gasteiger charge is 2.08. The lowest BCUT2D eigenvalue weighted by atomic mass is 10.1. The molecule has 0 heterocycles.